The van der Waals surface area contributed by atoms with Crippen LogP contribution in [-0.2, 0) is 16.3 Å². The summed E-state index contributed by atoms with van der Waals surface area (Å²) in [5.41, 5.74) is 0.909. The molecule has 1 fully saturated rings. The molecule has 0 spiro atoms. The van der Waals surface area contributed by atoms with Gasteiger partial charge in [-0.2, -0.15) is 0 Å². The lowest BCUT2D eigenvalue weighted by atomic mass is 10.1. The van der Waals surface area contributed by atoms with E-state index in [4.69, 9.17) is 4.74 Å². The molecule has 0 amide bonds. The summed E-state index contributed by atoms with van der Waals surface area (Å²) < 4.78 is 27.7. The lowest BCUT2D eigenvalue weighted by Crippen LogP contribution is -2.45. The number of aliphatic hydroxyl groups is 1. The highest BCUT2D eigenvalue weighted by Gasteiger charge is 2.35. The maximum Gasteiger partial charge on any atom is 0.157 e. The van der Waals surface area contributed by atoms with Crippen LogP contribution in [0.5, 0.6) is 5.75 Å². The fourth-order valence-electron chi connectivity index (χ4n) is 1.87. The fourth-order valence-corrected chi connectivity index (χ4v) is 3.04. The van der Waals surface area contributed by atoms with Crippen molar-refractivity contribution in [2.75, 3.05) is 11.5 Å². The largest absolute Gasteiger partial charge is 0.488 e. The van der Waals surface area contributed by atoms with E-state index in [0.29, 0.717) is 12.2 Å². The average molecular weight is 256 g/mol. The molecule has 1 atom stereocenters. The molecule has 1 saturated heterocycles. The molecule has 0 aromatic heterocycles. The van der Waals surface area contributed by atoms with Gasteiger partial charge in [-0.1, -0.05) is 18.2 Å². The van der Waals surface area contributed by atoms with Gasteiger partial charge in [0.2, 0.25) is 0 Å². The Bertz CT molecular complexity index is 481. The molecule has 0 radical (unpaired) electrons. The van der Waals surface area contributed by atoms with Crippen molar-refractivity contribution in [3.05, 3.63) is 29.8 Å². The minimum Gasteiger partial charge on any atom is -0.488 e. The van der Waals surface area contributed by atoms with E-state index in [1.165, 1.54) is 0 Å². The number of hydrogen-bond donors (Lipinski definition) is 1. The van der Waals surface area contributed by atoms with E-state index in [2.05, 4.69) is 0 Å². The molecule has 1 aliphatic heterocycles. The minimum absolute atomic E-state index is 0.0933. The second-order valence-electron chi connectivity index (χ2n) is 4.48. The summed E-state index contributed by atoms with van der Waals surface area (Å²) in [5, 5.41) is 9.37. The molecule has 1 aliphatic rings. The molecular weight excluding hydrogens is 240 g/mol. The zero-order valence-electron chi connectivity index (χ0n) is 9.67. The lowest BCUT2D eigenvalue weighted by molar-refractivity contribution is 0.189. The van der Waals surface area contributed by atoms with Crippen LogP contribution in [-0.4, -0.2) is 37.2 Å². The summed E-state index contributed by atoms with van der Waals surface area (Å²) in [6.07, 6.45) is -0.171. The zero-order chi connectivity index (χ0) is 12.5. The molecule has 17 heavy (non-hydrogen) atoms. The van der Waals surface area contributed by atoms with E-state index in [9.17, 15) is 13.5 Å². The van der Waals surface area contributed by atoms with E-state index in [-0.39, 0.29) is 17.6 Å². The van der Waals surface area contributed by atoms with Crippen molar-refractivity contribution in [3.8, 4) is 5.75 Å². The highest BCUT2D eigenvalue weighted by Crippen LogP contribution is 2.24. The first kappa shape index (κ1) is 12.4. The first-order chi connectivity index (χ1) is 7.96. The van der Waals surface area contributed by atoms with Crippen molar-refractivity contribution in [1.82, 2.24) is 0 Å². The fraction of sp³-hybridized carbons (Fsp3) is 0.500. The quantitative estimate of drug-likeness (QED) is 0.865. The van der Waals surface area contributed by atoms with Crippen LogP contribution in [0.25, 0.3) is 0 Å². The minimum atomic E-state index is -2.86. The maximum absolute atomic E-state index is 11.0. The van der Waals surface area contributed by atoms with Gasteiger partial charge in [0.25, 0.3) is 0 Å². The summed E-state index contributed by atoms with van der Waals surface area (Å²) in [4.78, 5) is 0. The molecule has 1 unspecified atom stereocenters. The lowest BCUT2D eigenvalue weighted by Gasteiger charge is -2.27. The van der Waals surface area contributed by atoms with Crippen LogP contribution in [0.15, 0.2) is 24.3 Å². The molecule has 0 saturated carbocycles. The highest BCUT2D eigenvalue weighted by atomic mass is 32.2. The van der Waals surface area contributed by atoms with Gasteiger partial charge in [0.05, 0.1) is 17.6 Å². The smallest absolute Gasteiger partial charge is 0.157 e. The van der Waals surface area contributed by atoms with E-state index in [1.54, 1.807) is 6.92 Å². The third-order valence-corrected chi connectivity index (χ3v) is 4.42. The van der Waals surface area contributed by atoms with Gasteiger partial charge in [0.15, 0.2) is 9.84 Å². The Labute approximate surface area is 101 Å². The Kier molecular flexibility index (Phi) is 3.40. The number of hydrogen-bond acceptors (Lipinski definition) is 4. The summed E-state index contributed by atoms with van der Waals surface area (Å²) in [5.74, 6) is 0.861. The van der Waals surface area contributed by atoms with Gasteiger partial charge in [0, 0.05) is 6.42 Å². The van der Waals surface area contributed by atoms with E-state index >= 15 is 0 Å². The van der Waals surface area contributed by atoms with Crippen LogP contribution < -0.4 is 4.74 Å². The number of ether oxygens (including phenoxy) is 1. The monoisotopic (exact) mass is 256 g/mol. The zero-order valence-corrected chi connectivity index (χ0v) is 10.5. The predicted molar refractivity (Wildman–Crippen MR) is 64.9 cm³/mol. The van der Waals surface area contributed by atoms with Crippen LogP contribution >= 0.6 is 0 Å². The van der Waals surface area contributed by atoms with Crippen LogP contribution in [0.3, 0.4) is 0 Å². The molecular formula is C12H16O4S. The number of rotatable bonds is 4. The molecule has 1 N–H and O–H groups in total. The summed E-state index contributed by atoms with van der Waals surface area (Å²) in [6.45, 7) is 1.71. The topological polar surface area (TPSA) is 63.6 Å². The Morgan fingerprint density at radius 3 is 2.65 bits per heavy atom. The van der Waals surface area contributed by atoms with E-state index in [0.717, 1.165) is 5.56 Å². The molecule has 0 aliphatic carbocycles. The molecule has 1 heterocycles. The first-order valence-electron chi connectivity index (χ1n) is 5.59. The van der Waals surface area contributed by atoms with Crippen LogP contribution in [0.2, 0.25) is 0 Å². The Morgan fingerprint density at radius 1 is 1.41 bits per heavy atom. The van der Waals surface area contributed by atoms with Crippen LogP contribution in [0.1, 0.15) is 12.5 Å². The highest BCUT2D eigenvalue weighted by molar-refractivity contribution is 7.92. The van der Waals surface area contributed by atoms with Gasteiger partial charge in [-0.05, 0) is 18.6 Å². The Hall–Kier alpha value is -1.07. The molecule has 1 aromatic rings. The summed E-state index contributed by atoms with van der Waals surface area (Å²) in [7, 11) is -2.86. The molecule has 5 heteroatoms. The van der Waals surface area contributed by atoms with E-state index in [1.807, 2.05) is 24.3 Å². The number of benzene rings is 1. The normalized spacial score (nSPS) is 20.6. The van der Waals surface area contributed by atoms with Crippen molar-refractivity contribution in [1.29, 1.82) is 0 Å². The molecule has 2 rings (SSSR count). The van der Waals surface area contributed by atoms with Gasteiger partial charge in [-0.3, -0.25) is 0 Å². The number of sulfone groups is 1. The molecule has 4 nitrogen and oxygen atoms in total. The van der Waals surface area contributed by atoms with Gasteiger partial charge >= 0.3 is 0 Å². The van der Waals surface area contributed by atoms with Crippen LogP contribution in [0.4, 0.5) is 0 Å². The average Bonchev–Trinajstić information content (AvgIpc) is 2.17. The van der Waals surface area contributed by atoms with E-state index < -0.39 is 15.9 Å². The predicted octanol–water partition coefficient (Wildman–Crippen LogP) is 0.786. The van der Waals surface area contributed by atoms with Gasteiger partial charge in [-0.15, -0.1) is 0 Å². The van der Waals surface area contributed by atoms with Gasteiger partial charge < -0.3 is 9.84 Å². The Balaban J connectivity index is 2.05. The van der Waals surface area contributed by atoms with Crippen LogP contribution in [0, 0.1) is 0 Å². The third kappa shape index (κ3) is 3.20. The number of aliphatic hydroxyl groups excluding tert-OH is 1. The van der Waals surface area contributed by atoms with Crippen molar-refractivity contribution >= 4 is 9.84 Å². The summed E-state index contributed by atoms with van der Waals surface area (Å²) in [6, 6.07) is 7.41. The van der Waals surface area contributed by atoms with Crippen molar-refractivity contribution in [3.63, 3.8) is 0 Å². The third-order valence-electron chi connectivity index (χ3n) is 2.66. The summed E-state index contributed by atoms with van der Waals surface area (Å²) >= 11 is 0. The van der Waals surface area contributed by atoms with Crippen molar-refractivity contribution in [2.45, 2.75) is 25.6 Å². The molecule has 0 bridgehead atoms. The first-order valence-corrected chi connectivity index (χ1v) is 7.41. The molecule has 1 aromatic carbocycles. The van der Waals surface area contributed by atoms with Gasteiger partial charge in [0.1, 0.15) is 11.9 Å². The maximum atomic E-state index is 11.0. The van der Waals surface area contributed by atoms with Crippen molar-refractivity contribution < 1.29 is 18.3 Å². The standard InChI is InChI=1S/C12H16O4S/c1-9(13)6-10-4-2-3-5-12(10)16-11-7-17(14,15)8-11/h2-5,9,11,13H,6-8H2,1H3. The second-order valence-corrected chi connectivity index (χ2v) is 6.63. The SMILES string of the molecule is CC(O)Cc1ccccc1OC1CS(=O)(=O)C1. The number of para-hydroxylation sites is 1. The van der Waals surface area contributed by atoms with Crippen molar-refractivity contribution in [2.24, 2.45) is 0 Å². The molecule has 94 valence electrons. The van der Waals surface area contributed by atoms with Gasteiger partial charge in [-0.25, -0.2) is 8.42 Å². The second kappa shape index (κ2) is 4.66. The Morgan fingerprint density at radius 2 is 2.06 bits per heavy atom.